The van der Waals surface area contributed by atoms with Crippen molar-refractivity contribution in [3.05, 3.63) is 29.8 Å². The summed E-state index contributed by atoms with van der Waals surface area (Å²) in [7, 11) is -2.88. The Morgan fingerprint density at radius 3 is 2.55 bits per heavy atom. The maximum atomic E-state index is 14.0. The molecule has 0 radical (unpaired) electrons. The molecule has 1 unspecified atom stereocenters. The number of guanidine groups is 1. The molecule has 2 aliphatic rings. The molecule has 1 atom stereocenters. The van der Waals surface area contributed by atoms with E-state index in [1.807, 2.05) is 6.92 Å². The molecule has 0 spiro atoms. The van der Waals surface area contributed by atoms with Crippen LogP contribution in [0.5, 0.6) is 0 Å². The fourth-order valence-electron chi connectivity index (χ4n) is 3.66. The van der Waals surface area contributed by atoms with Crippen molar-refractivity contribution in [3.8, 4) is 0 Å². The fraction of sp³-hybridized carbons (Fsp3) is 0.632. The molecule has 2 fully saturated rings. The molecule has 7 nitrogen and oxygen atoms in total. The van der Waals surface area contributed by atoms with Crippen molar-refractivity contribution in [3.63, 3.8) is 0 Å². The maximum Gasteiger partial charge on any atom is 0.191 e. The molecular formula is C19H29F2N5O2S. The highest BCUT2D eigenvalue weighted by Gasteiger charge is 2.27. The Bertz CT molecular complexity index is 800. The standard InChI is InChI=1S/C19H29F2N5O2S/c1-2-22-19(23-7-9-25-10-12-29(27,28)13-11-25)24-15-6-8-26(14-15)18-16(20)4-3-5-17(18)21/h3-5,15H,2,6-14H2,1H3,(H2,22,23,24). The number of nitrogens with zero attached hydrogens (tertiary/aromatic N) is 3. The highest BCUT2D eigenvalue weighted by Crippen LogP contribution is 2.26. The Hall–Kier alpha value is -1.94. The van der Waals surface area contributed by atoms with Gasteiger partial charge < -0.3 is 15.5 Å². The molecule has 0 aromatic heterocycles. The highest BCUT2D eigenvalue weighted by atomic mass is 32.2. The quantitative estimate of drug-likeness (QED) is 0.515. The van der Waals surface area contributed by atoms with E-state index in [-0.39, 0.29) is 23.2 Å². The van der Waals surface area contributed by atoms with Crippen molar-refractivity contribution in [2.24, 2.45) is 4.99 Å². The largest absolute Gasteiger partial charge is 0.365 e. The van der Waals surface area contributed by atoms with Crippen molar-refractivity contribution in [2.75, 3.05) is 62.2 Å². The summed E-state index contributed by atoms with van der Waals surface area (Å²) < 4.78 is 51.1. The second-order valence-electron chi connectivity index (χ2n) is 7.40. The lowest BCUT2D eigenvalue weighted by molar-refractivity contribution is 0.304. The van der Waals surface area contributed by atoms with Gasteiger partial charge in [0.2, 0.25) is 0 Å². The monoisotopic (exact) mass is 429 g/mol. The van der Waals surface area contributed by atoms with Gasteiger partial charge in [-0.3, -0.25) is 9.89 Å². The van der Waals surface area contributed by atoms with E-state index in [1.54, 1.807) is 4.90 Å². The summed E-state index contributed by atoms with van der Waals surface area (Å²) in [5, 5.41) is 6.54. The minimum atomic E-state index is -2.88. The predicted molar refractivity (Wildman–Crippen MR) is 111 cm³/mol. The summed E-state index contributed by atoms with van der Waals surface area (Å²) in [6.45, 7) is 6.08. The number of halogens is 2. The number of aliphatic imine (C=N–C) groups is 1. The lowest BCUT2D eigenvalue weighted by atomic mass is 10.2. The van der Waals surface area contributed by atoms with Crippen LogP contribution in [0.1, 0.15) is 13.3 Å². The van der Waals surface area contributed by atoms with Crippen LogP contribution in [0.2, 0.25) is 0 Å². The van der Waals surface area contributed by atoms with Gasteiger partial charge in [0, 0.05) is 45.3 Å². The van der Waals surface area contributed by atoms with Gasteiger partial charge in [-0.25, -0.2) is 17.2 Å². The summed E-state index contributed by atoms with van der Waals surface area (Å²) in [6, 6.07) is 3.95. The number of sulfone groups is 1. The summed E-state index contributed by atoms with van der Waals surface area (Å²) in [5.74, 6) is -0.0125. The Kier molecular flexibility index (Phi) is 7.28. The van der Waals surface area contributed by atoms with Gasteiger partial charge in [0.1, 0.15) is 17.3 Å². The van der Waals surface area contributed by atoms with E-state index in [9.17, 15) is 17.2 Å². The first kappa shape index (κ1) is 21.8. The molecule has 10 heteroatoms. The zero-order valence-corrected chi connectivity index (χ0v) is 17.5. The van der Waals surface area contributed by atoms with Gasteiger partial charge in [-0.2, -0.15) is 0 Å². The Labute approximate surface area is 171 Å². The zero-order valence-electron chi connectivity index (χ0n) is 16.7. The Morgan fingerprint density at radius 2 is 1.90 bits per heavy atom. The second kappa shape index (κ2) is 9.71. The number of benzene rings is 1. The van der Waals surface area contributed by atoms with E-state index in [0.29, 0.717) is 51.8 Å². The van der Waals surface area contributed by atoms with Crippen molar-refractivity contribution < 1.29 is 17.2 Å². The molecule has 0 bridgehead atoms. The number of anilines is 1. The van der Waals surface area contributed by atoms with Gasteiger partial charge >= 0.3 is 0 Å². The highest BCUT2D eigenvalue weighted by molar-refractivity contribution is 7.91. The van der Waals surface area contributed by atoms with E-state index >= 15 is 0 Å². The van der Waals surface area contributed by atoms with E-state index in [1.165, 1.54) is 18.2 Å². The molecule has 0 saturated carbocycles. The number of nitrogens with one attached hydrogen (secondary N) is 2. The molecule has 2 N–H and O–H groups in total. The van der Waals surface area contributed by atoms with Gasteiger partial charge in [0.25, 0.3) is 0 Å². The SMILES string of the molecule is CCNC(=NCCN1CCS(=O)(=O)CC1)NC1CCN(c2c(F)cccc2F)C1. The molecule has 1 aromatic carbocycles. The minimum Gasteiger partial charge on any atom is -0.365 e. The Morgan fingerprint density at radius 1 is 1.21 bits per heavy atom. The summed E-state index contributed by atoms with van der Waals surface area (Å²) in [4.78, 5) is 8.40. The van der Waals surface area contributed by atoms with Crippen LogP contribution in [-0.4, -0.2) is 82.6 Å². The second-order valence-corrected chi connectivity index (χ2v) is 9.70. The molecule has 3 rings (SSSR count). The lowest BCUT2D eigenvalue weighted by Crippen LogP contribution is -2.45. The van der Waals surface area contributed by atoms with Crippen LogP contribution in [0, 0.1) is 11.6 Å². The first-order chi connectivity index (χ1) is 13.9. The number of hydrogen-bond donors (Lipinski definition) is 2. The van der Waals surface area contributed by atoms with Crippen LogP contribution in [0.4, 0.5) is 14.5 Å². The van der Waals surface area contributed by atoms with E-state index in [4.69, 9.17) is 0 Å². The number of hydrogen-bond acceptors (Lipinski definition) is 5. The number of rotatable bonds is 6. The van der Waals surface area contributed by atoms with Gasteiger partial charge in [0.15, 0.2) is 15.8 Å². The molecule has 2 aliphatic heterocycles. The molecule has 2 heterocycles. The topological polar surface area (TPSA) is 77.0 Å². The average molecular weight is 430 g/mol. The molecular weight excluding hydrogens is 400 g/mol. The van der Waals surface area contributed by atoms with Crippen molar-refractivity contribution in [1.29, 1.82) is 0 Å². The molecule has 29 heavy (non-hydrogen) atoms. The lowest BCUT2D eigenvalue weighted by Gasteiger charge is -2.26. The molecule has 1 aromatic rings. The first-order valence-corrected chi connectivity index (χ1v) is 11.9. The first-order valence-electron chi connectivity index (χ1n) is 10.0. The molecule has 162 valence electrons. The van der Waals surface area contributed by atoms with Gasteiger partial charge in [-0.05, 0) is 25.5 Å². The smallest absolute Gasteiger partial charge is 0.191 e. The van der Waals surface area contributed by atoms with E-state index in [0.717, 1.165) is 6.42 Å². The van der Waals surface area contributed by atoms with Crippen molar-refractivity contribution in [2.45, 2.75) is 19.4 Å². The average Bonchev–Trinajstić information content (AvgIpc) is 3.11. The predicted octanol–water partition coefficient (Wildman–Crippen LogP) is 0.829. The molecule has 0 aliphatic carbocycles. The third kappa shape index (κ3) is 6.02. The molecule has 0 amide bonds. The van der Waals surface area contributed by atoms with Gasteiger partial charge in [-0.15, -0.1) is 0 Å². The van der Waals surface area contributed by atoms with E-state index < -0.39 is 21.5 Å². The Balaban J connectivity index is 1.52. The molecule has 2 saturated heterocycles. The minimum absolute atomic E-state index is 0.0267. The summed E-state index contributed by atoms with van der Waals surface area (Å²) in [6.07, 6.45) is 0.752. The third-order valence-corrected chi connectivity index (χ3v) is 6.86. The van der Waals surface area contributed by atoms with Crippen LogP contribution < -0.4 is 15.5 Å². The van der Waals surface area contributed by atoms with E-state index in [2.05, 4.69) is 20.5 Å². The fourth-order valence-corrected chi connectivity index (χ4v) is 4.94. The van der Waals surface area contributed by atoms with Crippen LogP contribution in [0.25, 0.3) is 0 Å². The van der Waals surface area contributed by atoms with Crippen molar-refractivity contribution in [1.82, 2.24) is 15.5 Å². The maximum absolute atomic E-state index is 14.0. The van der Waals surface area contributed by atoms with Gasteiger partial charge in [0.05, 0.1) is 18.1 Å². The van der Waals surface area contributed by atoms with Gasteiger partial charge in [-0.1, -0.05) is 6.07 Å². The normalized spacial score (nSPS) is 22.7. The van der Waals surface area contributed by atoms with Crippen molar-refractivity contribution >= 4 is 21.5 Å². The third-order valence-electron chi connectivity index (χ3n) is 5.25. The van der Waals surface area contributed by atoms with Crippen LogP contribution in [0.3, 0.4) is 0 Å². The van der Waals surface area contributed by atoms with Crippen LogP contribution in [-0.2, 0) is 9.84 Å². The van der Waals surface area contributed by atoms with Crippen LogP contribution in [0.15, 0.2) is 23.2 Å². The zero-order chi connectivity index (χ0) is 20.9. The summed E-state index contributed by atoms with van der Waals surface area (Å²) >= 11 is 0. The summed E-state index contributed by atoms with van der Waals surface area (Å²) in [5.41, 5.74) is 0.0267. The van der Waals surface area contributed by atoms with Crippen LogP contribution >= 0.6 is 0 Å². The number of para-hydroxylation sites is 1.